The molecule has 0 aliphatic carbocycles. The molecule has 2 amide bonds. The molecule has 1 rings (SSSR count). The van der Waals surface area contributed by atoms with Crippen molar-refractivity contribution in [2.45, 2.75) is 53.5 Å². The molecule has 1 atom stereocenters. The Morgan fingerprint density at radius 2 is 1.65 bits per heavy atom. The van der Waals surface area contributed by atoms with Gasteiger partial charge in [0.25, 0.3) is 0 Å². The van der Waals surface area contributed by atoms with E-state index in [0.717, 1.165) is 0 Å². The van der Waals surface area contributed by atoms with Crippen molar-refractivity contribution in [3.05, 3.63) is 0 Å². The van der Waals surface area contributed by atoms with Crippen LogP contribution in [0.3, 0.4) is 0 Å². The maximum absolute atomic E-state index is 12.5. The first-order valence-electron chi connectivity index (χ1n) is 6.06. The molecule has 0 spiro atoms. The summed E-state index contributed by atoms with van der Waals surface area (Å²) in [5.41, 5.74) is -0.698. The summed E-state index contributed by atoms with van der Waals surface area (Å²) in [5.74, 6) is -0.291. The highest BCUT2D eigenvalue weighted by atomic mass is 16.6. The molecule has 98 valence electrons. The van der Waals surface area contributed by atoms with E-state index in [1.165, 1.54) is 4.90 Å². The molecule has 0 aromatic carbocycles. The third-order valence-electron chi connectivity index (χ3n) is 3.05. The largest absolute Gasteiger partial charge is 0.449 e. The standard InChI is InChI=1S/C13H23NO3/c1-12(2,3)9-7-8-17-11(16)14(10(9)15)13(4,5)6/h9H,7-8H2,1-6H3. The second-order valence-electron chi connectivity index (χ2n) is 6.67. The third-order valence-corrected chi connectivity index (χ3v) is 3.05. The SMILES string of the molecule is CC(C)(C)C1CCOC(=O)N(C(C)(C)C)C1=O. The zero-order valence-corrected chi connectivity index (χ0v) is 11.7. The number of imide groups is 1. The van der Waals surface area contributed by atoms with E-state index in [-0.39, 0.29) is 17.2 Å². The Morgan fingerprint density at radius 1 is 1.12 bits per heavy atom. The predicted molar refractivity (Wildman–Crippen MR) is 65.5 cm³/mol. The molecule has 0 bridgehead atoms. The van der Waals surface area contributed by atoms with E-state index in [0.29, 0.717) is 13.0 Å². The topological polar surface area (TPSA) is 46.6 Å². The van der Waals surface area contributed by atoms with Gasteiger partial charge in [-0.2, -0.15) is 0 Å². The van der Waals surface area contributed by atoms with Gasteiger partial charge in [0.05, 0.1) is 6.61 Å². The monoisotopic (exact) mass is 241 g/mol. The summed E-state index contributed by atoms with van der Waals surface area (Å²) < 4.78 is 5.10. The first-order chi connectivity index (χ1) is 7.55. The number of carbonyl (C=O) groups is 2. The lowest BCUT2D eigenvalue weighted by molar-refractivity contribution is -0.139. The van der Waals surface area contributed by atoms with Gasteiger partial charge in [-0.25, -0.2) is 9.69 Å². The van der Waals surface area contributed by atoms with Crippen molar-refractivity contribution in [2.24, 2.45) is 11.3 Å². The van der Waals surface area contributed by atoms with Gasteiger partial charge >= 0.3 is 6.09 Å². The normalized spacial score (nSPS) is 23.4. The Bertz CT molecular complexity index is 323. The van der Waals surface area contributed by atoms with E-state index in [1.54, 1.807) is 0 Å². The molecule has 1 heterocycles. The van der Waals surface area contributed by atoms with Crippen LogP contribution in [0.4, 0.5) is 4.79 Å². The minimum absolute atomic E-state index is 0.118. The summed E-state index contributed by atoms with van der Waals surface area (Å²) in [5, 5.41) is 0. The van der Waals surface area contributed by atoms with Gasteiger partial charge < -0.3 is 4.74 Å². The van der Waals surface area contributed by atoms with Crippen LogP contribution in [0.2, 0.25) is 0 Å². The maximum atomic E-state index is 12.5. The minimum Gasteiger partial charge on any atom is -0.449 e. The molecular formula is C13H23NO3. The molecule has 0 aromatic rings. The first-order valence-corrected chi connectivity index (χ1v) is 6.06. The number of rotatable bonds is 0. The Hall–Kier alpha value is -1.06. The summed E-state index contributed by atoms with van der Waals surface area (Å²) in [4.78, 5) is 25.6. The highest BCUT2D eigenvalue weighted by molar-refractivity contribution is 5.95. The fraction of sp³-hybridized carbons (Fsp3) is 0.846. The van der Waals surface area contributed by atoms with Gasteiger partial charge in [0, 0.05) is 11.5 Å². The maximum Gasteiger partial charge on any atom is 0.417 e. The zero-order valence-electron chi connectivity index (χ0n) is 11.7. The molecule has 0 N–H and O–H groups in total. The molecule has 1 fully saturated rings. The minimum atomic E-state index is -0.540. The van der Waals surface area contributed by atoms with Crippen LogP contribution in [0.15, 0.2) is 0 Å². The molecule has 1 aliphatic rings. The predicted octanol–water partition coefficient (Wildman–Crippen LogP) is 2.82. The zero-order chi connectivity index (χ0) is 13.4. The van der Waals surface area contributed by atoms with Gasteiger partial charge in [-0.3, -0.25) is 4.79 Å². The number of carbonyl (C=O) groups excluding carboxylic acids is 2. The Morgan fingerprint density at radius 3 is 2.06 bits per heavy atom. The Balaban J connectivity index is 3.10. The lowest BCUT2D eigenvalue weighted by atomic mass is 9.77. The van der Waals surface area contributed by atoms with E-state index in [1.807, 2.05) is 41.5 Å². The number of ether oxygens (including phenoxy) is 1. The van der Waals surface area contributed by atoms with Crippen molar-refractivity contribution in [3.63, 3.8) is 0 Å². The van der Waals surface area contributed by atoms with Crippen LogP contribution in [0.25, 0.3) is 0 Å². The van der Waals surface area contributed by atoms with Crippen LogP contribution < -0.4 is 0 Å². The van der Waals surface area contributed by atoms with E-state index < -0.39 is 11.6 Å². The molecule has 4 nitrogen and oxygen atoms in total. The van der Waals surface area contributed by atoms with Crippen LogP contribution >= 0.6 is 0 Å². The average molecular weight is 241 g/mol. The van der Waals surface area contributed by atoms with Crippen molar-refractivity contribution in [3.8, 4) is 0 Å². The number of hydrogen-bond acceptors (Lipinski definition) is 3. The lowest BCUT2D eigenvalue weighted by Crippen LogP contribution is -2.52. The number of cyclic esters (lactones) is 1. The van der Waals surface area contributed by atoms with Gasteiger partial charge in [0.1, 0.15) is 0 Å². The Kier molecular flexibility index (Phi) is 3.55. The average Bonchev–Trinajstić information content (AvgIpc) is 2.20. The van der Waals surface area contributed by atoms with Gasteiger partial charge in [-0.05, 0) is 32.6 Å². The summed E-state index contributed by atoms with van der Waals surface area (Å²) in [6, 6.07) is 0. The number of hydrogen-bond donors (Lipinski definition) is 0. The Labute approximate surface area is 103 Å². The van der Waals surface area contributed by atoms with Crippen LogP contribution in [0.5, 0.6) is 0 Å². The van der Waals surface area contributed by atoms with Crippen molar-refractivity contribution in [1.29, 1.82) is 0 Å². The fourth-order valence-electron chi connectivity index (χ4n) is 2.11. The molecule has 0 radical (unpaired) electrons. The highest BCUT2D eigenvalue weighted by Gasteiger charge is 2.43. The molecule has 0 saturated carbocycles. The van der Waals surface area contributed by atoms with E-state index >= 15 is 0 Å². The van der Waals surface area contributed by atoms with Crippen molar-refractivity contribution < 1.29 is 14.3 Å². The second-order valence-corrected chi connectivity index (χ2v) is 6.67. The third kappa shape index (κ3) is 2.99. The number of nitrogens with zero attached hydrogens (tertiary/aromatic N) is 1. The molecule has 17 heavy (non-hydrogen) atoms. The van der Waals surface area contributed by atoms with Gasteiger partial charge in [0.15, 0.2) is 0 Å². The van der Waals surface area contributed by atoms with E-state index in [4.69, 9.17) is 4.74 Å². The molecule has 1 aliphatic heterocycles. The molecule has 1 saturated heterocycles. The molecule has 1 unspecified atom stereocenters. The van der Waals surface area contributed by atoms with Crippen molar-refractivity contribution >= 4 is 12.0 Å². The molecule has 4 heteroatoms. The number of amides is 2. The highest BCUT2D eigenvalue weighted by Crippen LogP contribution is 2.34. The smallest absolute Gasteiger partial charge is 0.417 e. The lowest BCUT2D eigenvalue weighted by Gasteiger charge is -2.36. The molecular weight excluding hydrogens is 218 g/mol. The quantitative estimate of drug-likeness (QED) is 0.655. The van der Waals surface area contributed by atoms with E-state index in [2.05, 4.69) is 0 Å². The van der Waals surface area contributed by atoms with Crippen LogP contribution in [0, 0.1) is 11.3 Å². The van der Waals surface area contributed by atoms with Crippen molar-refractivity contribution in [1.82, 2.24) is 4.90 Å². The van der Waals surface area contributed by atoms with E-state index in [9.17, 15) is 9.59 Å². The van der Waals surface area contributed by atoms with Crippen LogP contribution in [-0.4, -0.2) is 29.0 Å². The second kappa shape index (κ2) is 4.31. The fourth-order valence-corrected chi connectivity index (χ4v) is 2.11. The van der Waals surface area contributed by atoms with Crippen molar-refractivity contribution in [2.75, 3.05) is 6.61 Å². The van der Waals surface area contributed by atoms with Gasteiger partial charge in [0.2, 0.25) is 5.91 Å². The van der Waals surface area contributed by atoms with Gasteiger partial charge in [-0.1, -0.05) is 20.8 Å². The van der Waals surface area contributed by atoms with Gasteiger partial charge in [-0.15, -0.1) is 0 Å². The summed E-state index contributed by atoms with van der Waals surface area (Å²) in [6.45, 7) is 11.9. The first kappa shape index (κ1) is 14.0. The van der Waals surface area contributed by atoms with Crippen LogP contribution in [-0.2, 0) is 9.53 Å². The summed E-state index contributed by atoms with van der Waals surface area (Å²) >= 11 is 0. The van der Waals surface area contributed by atoms with Crippen LogP contribution in [0.1, 0.15) is 48.0 Å². The summed E-state index contributed by atoms with van der Waals surface area (Å²) in [6.07, 6.45) is 0.0787. The summed E-state index contributed by atoms with van der Waals surface area (Å²) in [7, 11) is 0. The molecule has 0 aromatic heterocycles.